The normalized spacial score (nSPS) is 9.50. The minimum absolute atomic E-state index is 0.347. The Bertz CT molecular complexity index is 219. The summed E-state index contributed by atoms with van der Waals surface area (Å²) < 4.78 is 12.5. The van der Waals surface area contributed by atoms with E-state index in [1.165, 1.54) is 12.1 Å². The number of rotatable bonds is 1. The highest BCUT2D eigenvalue weighted by molar-refractivity contribution is 7.80. The van der Waals surface area contributed by atoms with Gasteiger partial charge >= 0.3 is 0 Å². The average molecular weight is 158 g/mol. The van der Waals surface area contributed by atoms with Gasteiger partial charge in [-0.1, -0.05) is 0 Å². The summed E-state index contributed by atoms with van der Waals surface area (Å²) in [4.78, 5) is 0.549. The molecule has 0 atom stereocenters. The van der Waals surface area contributed by atoms with Crippen molar-refractivity contribution < 1.29 is 4.39 Å². The first kappa shape index (κ1) is 7.37. The largest absolute Gasteiger partial charge is 0.324 e. The summed E-state index contributed by atoms with van der Waals surface area (Å²) >= 11 is 3.94. The molecule has 0 aromatic heterocycles. The summed E-state index contributed by atoms with van der Waals surface area (Å²) in [6, 6.07) is 4.23. The zero-order valence-electron chi connectivity index (χ0n) is 5.13. The minimum Gasteiger partial charge on any atom is -0.324 e. The van der Waals surface area contributed by atoms with E-state index in [4.69, 9.17) is 5.84 Å². The minimum atomic E-state index is -0.347. The van der Waals surface area contributed by atoms with Gasteiger partial charge in [0.05, 0.1) is 5.69 Å². The van der Waals surface area contributed by atoms with Gasteiger partial charge in [0.2, 0.25) is 0 Å². The lowest BCUT2D eigenvalue weighted by Gasteiger charge is -1.99. The molecule has 0 radical (unpaired) electrons. The van der Waals surface area contributed by atoms with Crippen LogP contribution < -0.4 is 11.3 Å². The van der Waals surface area contributed by atoms with Crippen LogP contribution in [0.5, 0.6) is 0 Å². The number of hydrazine groups is 1. The molecule has 0 amide bonds. The predicted octanol–water partition coefficient (Wildman–Crippen LogP) is 1.40. The molecular formula is C6H7FN2S. The van der Waals surface area contributed by atoms with Crippen molar-refractivity contribution in [1.82, 2.24) is 0 Å². The van der Waals surface area contributed by atoms with E-state index in [-0.39, 0.29) is 5.82 Å². The zero-order chi connectivity index (χ0) is 7.56. The quantitative estimate of drug-likeness (QED) is 0.328. The molecule has 0 fully saturated rings. The third-order valence-corrected chi connectivity index (χ3v) is 1.31. The van der Waals surface area contributed by atoms with Gasteiger partial charge in [0.1, 0.15) is 5.82 Å². The van der Waals surface area contributed by atoms with Crippen LogP contribution in [-0.2, 0) is 0 Å². The maximum absolute atomic E-state index is 12.5. The molecule has 54 valence electrons. The van der Waals surface area contributed by atoms with Gasteiger partial charge in [-0.05, 0) is 18.2 Å². The summed E-state index contributed by atoms with van der Waals surface area (Å²) in [5.41, 5.74) is 2.84. The number of thiol groups is 1. The van der Waals surface area contributed by atoms with Gasteiger partial charge in [0.15, 0.2) is 0 Å². The highest BCUT2D eigenvalue weighted by Gasteiger charge is 1.94. The number of hydrogen-bond donors (Lipinski definition) is 3. The monoisotopic (exact) mass is 158 g/mol. The van der Waals surface area contributed by atoms with E-state index >= 15 is 0 Å². The molecule has 0 saturated heterocycles. The molecule has 1 aromatic rings. The summed E-state index contributed by atoms with van der Waals surface area (Å²) in [6.07, 6.45) is 0. The highest BCUT2D eigenvalue weighted by Crippen LogP contribution is 2.15. The summed E-state index contributed by atoms with van der Waals surface area (Å²) in [5, 5.41) is 0. The summed E-state index contributed by atoms with van der Waals surface area (Å²) in [5.74, 6) is 4.69. The number of nitrogens with two attached hydrogens (primary N) is 1. The smallest absolute Gasteiger partial charge is 0.126 e. The first-order chi connectivity index (χ1) is 4.72. The van der Waals surface area contributed by atoms with Gasteiger partial charge in [-0.25, -0.2) is 4.39 Å². The molecule has 0 aliphatic rings. The van der Waals surface area contributed by atoms with Crippen molar-refractivity contribution in [1.29, 1.82) is 0 Å². The van der Waals surface area contributed by atoms with Crippen molar-refractivity contribution in [3.63, 3.8) is 0 Å². The molecule has 1 aromatic carbocycles. The Morgan fingerprint density at radius 1 is 1.40 bits per heavy atom. The molecule has 2 nitrogen and oxygen atoms in total. The lowest BCUT2D eigenvalue weighted by molar-refractivity contribution is 0.625. The maximum atomic E-state index is 12.5. The number of anilines is 1. The van der Waals surface area contributed by atoms with Crippen LogP contribution in [0.3, 0.4) is 0 Å². The second-order valence-corrected chi connectivity index (χ2v) is 2.36. The van der Waals surface area contributed by atoms with Gasteiger partial charge < -0.3 is 5.43 Å². The fourth-order valence-corrected chi connectivity index (χ4v) is 0.920. The Morgan fingerprint density at radius 3 is 2.60 bits per heavy atom. The Morgan fingerprint density at radius 2 is 2.10 bits per heavy atom. The van der Waals surface area contributed by atoms with Crippen molar-refractivity contribution in [3.8, 4) is 0 Å². The van der Waals surface area contributed by atoms with Gasteiger partial charge in [-0.3, -0.25) is 5.84 Å². The van der Waals surface area contributed by atoms with Crippen LogP contribution in [0.1, 0.15) is 0 Å². The van der Waals surface area contributed by atoms with E-state index in [1.807, 2.05) is 0 Å². The van der Waals surface area contributed by atoms with Gasteiger partial charge in [0, 0.05) is 4.90 Å². The molecule has 0 aliphatic heterocycles. The molecule has 4 heteroatoms. The van der Waals surface area contributed by atoms with E-state index in [2.05, 4.69) is 18.1 Å². The van der Waals surface area contributed by atoms with E-state index in [1.54, 1.807) is 6.07 Å². The molecular weight excluding hydrogens is 151 g/mol. The third kappa shape index (κ3) is 1.62. The highest BCUT2D eigenvalue weighted by atomic mass is 32.1. The summed E-state index contributed by atoms with van der Waals surface area (Å²) in [6.45, 7) is 0. The van der Waals surface area contributed by atoms with E-state index in [9.17, 15) is 4.39 Å². The Labute approximate surface area is 63.6 Å². The SMILES string of the molecule is NNc1cc(F)cc(S)c1. The summed E-state index contributed by atoms with van der Waals surface area (Å²) in [7, 11) is 0. The van der Waals surface area contributed by atoms with Crippen LogP contribution in [0, 0.1) is 5.82 Å². The van der Waals surface area contributed by atoms with Crippen molar-refractivity contribution in [2.75, 3.05) is 5.43 Å². The van der Waals surface area contributed by atoms with Crippen LogP contribution in [-0.4, -0.2) is 0 Å². The van der Waals surface area contributed by atoms with Crippen LogP contribution >= 0.6 is 12.6 Å². The number of nitrogens with one attached hydrogen (secondary N) is 1. The lowest BCUT2D eigenvalue weighted by atomic mass is 10.3. The van der Waals surface area contributed by atoms with Crippen molar-refractivity contribution >= 4 is 18.3 Å². The Kier molecular flexibility index (Phi) is 2.13. The van der Waals surface area contributed by atoms with E-state index in [0.717, 1.165) is 0 Å². The molecule has 0 heterocycles. The fraction of sp³-hybridized carbons (Fsp3) is 0. The van der Waals surface area contributed by atoms with Gasteiger partial charge in [0.25, 0.3) is 0 Å². The first-order valence-electron chi connectivity index (χ1n) is 2.68. The molecule has 10 heavy (non-hydrogen) atoms. The van der Waals surface area contributed by atoms with E-state index < -0.39 is 0 Å². The number of halogens is 1. The van der Waals surface area contributed by atoms with Crippen molar-refractivity contribution in [2.24, 2.45) is 5.84 Å². The molecule has 0 bridgehead atoms. The van der Waals surface area contributed by atoms with Crippen molar-refractivity contribution in [2.45, 2.75) is 4.90 Å². The van der Waals surface area contributed by atoms with Crippen LogP contribution in [0.2, 0.25) is 0 Å². The molecule has 0 saturated carbocycles. The fourth-order valence-electron chi connectivity index (χ4n) is 0.657. The first-order valence-corrected chi connectivity index (χ1v) is 3.13. The Balaban J connectivity index is 3.06. The lowest BCUT2D eigenvalue weighted by Crippen LogP contribution is -2.06. The maximum Gasteiger partial charge on any atom is 0.126 e. The third-order valence-electron chi connectivity index (χ3n) is 1.05. The topological polar surface area (TPSA) is 38.0 Å². The molecule has 0 aliphatic carbocycles. The van der Waals surface area contributed by atoms with Crippen LogP contribution in [0.4, 0.5) is 10.1 Å². The average Bonchev–Trinajstić information content (AvgIpc) is 1.85. The van der Waals surface area contributed by atoms with Crippen LogP contribution in [0.15, 0.2) is 23.1 Å². The van der Waals surface area contributed by atoms with Crippen molar-refractivity contribution in [3.05, 3.63) is 24.0 Å². The molecule has 3 N–H and O–H groups in total. The predicted molar refractivity (Wildman–Crippen MR) is 41.5 cm³/mol. The van der Waals surface area contributed by atoms with Gasteiger partial charge in [-0.15, -0.1) is 12.6 Å². The molecule has 0 unspecified atom stereocenters. The van der Waals surface area contributed by atoms with E-state index in [0.29, 0.717) is 10.6 Å². The van der Waals surface area contributed by atoms with Gasteiger partial charge in [-0.2, -0.15) is 0 Å². The second kappa shape index (κ2) is 2.90. The zero-order valence-corrected chi connectivity index (χ0v) is 6.03. The molecule has 1 rings (SSSR count). The van der Waals surface area contributed by atoms with Crippen LogP contribution in [0.25, 0.3) is 0 Å². The number of benzene rings is 1. The second-order valence-electron chi connectivity index (χ2n) is 1.84. The Hall–Kier alpha value is -0.740. The number of hydrogen-bond acceptors (Lipinski definition) is 3. The standard InChI is InChI=1S/C6H7FN2S/c7-4-1-5(9-8)3-6(10)2-4/h1-3,9-10H,8H2. The molecule has 0 spiro atoms. The number of nitrogen functional groups attached to an aromatic ring is 1.